The molecule has 154 valence electrons. The number of hydrogen-bond donors (Lipinski definition) is 2. The maximum atomic E-state index is 12.7. The molecule has 1 saturated heterocycles. The predicted molar refractivity (Wildman–Crippen MR) is 114 cm³/mol. The van der Waals surface area contributed by atoms with Gasteiger partial charge in [-0.15, -0.1) is 0 Å². The van der Waals surface area contributed by atoms with Crippen molar-refractivity contribution in [1.29, 1.82) is 0 Å². The first-order valence-electron chi connectivity index (χ1n) is 10.1. The second-order valence-electron chi connectivity index (χ2n) is 7.65. The molecule has 1 aliphatic heterocycles. The summed E-state index contributed by atoms with van der Waals surface area (Å²) in [7, 11) is 1.84. The standard InChI is InChI=1S/C23H29N3O3/c1-17(18-8-4-3-5-9-18)25(2)22(28)16-26-14-12-19(13-15-26)23(29)24-20-10-6-7-11-21(20)27/h3-11,17,19,27H,12-16H2,1-2H3,(H,24,29)/t17-/m0/s1. The molecule has 0 aromatic heterocycles. The van der Waals surface area contributed by atoms with Crippen molar-refractivity contribution in [1.82, 2.24) is 9.80 Å². The monoisotopic (exact) mass is 395 g/mol. The molecule has 2 amide bonds. The van der Waals surface area contributed by atoms with Crippen LogP contribution < -0.4 is 5.32 Å². The number of carbonyl (C=O) groups excluding carboxylic acids is 2. The third kappa shape index (κ3) is 5.35. The fourth-order valence-electron chi connectivity index (χ4n) is 3.64. The lowest BCUT2D eigenvalue weighted by Gasteiger charge is -2.33. The minimum absolute atomic E-state index is 0.0190. The van der Waals surface area contributed by atoms with Gasteiger partial charge in [0.15, 0.2) is 0 Å². The van der Waals surface area contributed by atoms with Crippen LogP contribution in [0.5, 0.6) is 5.75 Å². The number of hydrogen-bond acceptors (Lipinski definition) is 4. The molecule has 0 unspecified atom stereocenters. The number of phenols is 1. The Morgan fingerprint density at radius 3 is 2.38 bits per heavy atom. The smallest absolute Gasteiger partial charge is 0.236 e. The number of carbonyl (C=O) groups is 2. The van der Waals surface area contributed by atoms with E-state index in [0.29, 0.717) is 38.2 Å². The number of nitrogens with zero attached hydrogens (tertiary/aromatic N) is 2. The number of para-hydroxylation sites is 2. The largest absolute Gasteiger partial charge is 0.506 e. The van der Waals surface area contributed by atoms with Crippen molar-refractivity contribution in [3.05, 3.63) is 60.2 Å². The number of rotatable bonds is 6. The molecule has 1 heterocycles. The van der Waals surface area contributed by atoms with E-state index in [2.05, 4.69) is 10.2 Å². The number of phenolic OH excluding ortho intramolecular Hbond substituents is 1. The molecule has 1 fully saturated rings. The number of benzene rings is 2. The van der Waals surface area contributed by atoms with E-state index in [1.807, 2.05) is 44.3 Å². The van der Waals surface area contributed by atoms with Crippen LogP contribution in [0.25, 0.3) is 0 Å². The third-order valence-corrected chi connectivity index (χ3v) is 5.74. The number of nitrogens with one attached hydrogen (secondary N) is 1. The Balaban J connectivity index is 1.47. The lowest BCUT2D eigenvalue weighted by Crippen LogP contribution is -2.44. The number of aromatic hydroxyl groups is 1. The van der Waals surface area contributed by atoms with Gasteiger partial charge in [0.25, 0.3) is 0 Å². The van der Waals surface area contributed by atoms with Crippen LogP contribution in [0, 0.1) is 5.92 Å². The highest BCUT2D eigenvalue weighted by Gasteiger charge is 2.27. The van der Waals surface area contributed by atoms with E-state index in [9.17, 15) is 14.7 Å². The van der Waals surface area contributed by atoms with Crippen molar-refractivity contribution < 1.29 is 14.7 Å². The molecule has 0 radical (unpaired) electrons. The SMILES string of the molecule is C[C@@H](c1ccccc1)N(C)C(=O)CN1CCC(C(=O)Nc2ccccc2O)CC1. The van der Waals surface area contributed by atoms with E-state index in [-0.39, 0.29) is 29.5 Å². The van der Waals surface area contributed by atoms with E-state index >= 15 is 0 Å². The molecule has 6 heteroatoms. The van der Waals surface area contributed by atoms with Gasteiger partial charge in [0.2, 0.25) is 11.8 Å². The molecule has 6 nitrogen and oxygen atoms in total. The van der Waals surface area contributed by atoms with E-state index in [0.717, 1.165) is 5.56 Å². The molecule has 2 aromatic rings. The quantitative estimate of drug-likeness (QED) is 0.737. The van der Waals surface area contributed by atoms with E-state index in [1.54, 1.807) is 29.2 Å². The van der Waals surface area contributed by atoms with Crippen LogP contribution in [0.2, 0.25) is 0 Å². The van der Waals surface area contributed by atoms with Crippen LogP contribution in [0.4, 0.5) is 5.69 Å². The van der Waals surface area contributed by atoms with Gasteiger partial charge in [-0.05, 0) is 50.6 Å². The lowest BCUT2D eigenvalue weighted by molar-refractivity contribution is -0.133. The molecule has 29 heavy (non-hydrogen) atoms. The predicted octanol–water partition coefficient (Wildman–Crippen LogP) is 3.26. The van der Waals surface area contributed by atoms with Gasteiger partial charge in [-0.3, -0.25) is 14.5 Å². The summed E-state index contributed by atoms with van der Waals surface area (Å²) in [5.41, 5.74) is 1.55. The summed E-state index contributed by atoms with van der Waals surface area (Å²) in [4.78, 5) is 29.1. The molecule has 3 rings (SSSR count). The summed E-state index contributed by atoms with van der Waals surface area (Å²) in [6.07, 6.45) is 1.40. The summed E-state index contributed by atoms with van der Waals surface area (Å²) in [6, 6.07) is 16.7. The Kier molecular flexibility index (Phi) is 6.88. The molecule has 1 aliphatic rings. The van der Waals surface area contributed by atoms with E-state index in [4.69, 9.17) is 0 Å². The van der Waals surface area contributed by atoms with Gasteiger partial charge in [-0.25, -0.2) is 0 Å². The van der Waals surface area contributed by atoms with Crippen molar-refractivity contribution >= 4 is 17.5 Å². The highest BCUT2D eigenvalue weighted by atomic mass is 16.3. The summed E-state index contributed by atoms with van der Waals surface area (Å²) >= 11 is 0. The first-order valence-corrected chi connectivity index (χ1v) is 10.1. The van der Waals surface area contributed by atoms with Gasteiger partial charge in [0.05, 0.1) is 18.3 Å². The maximum Gasteiger partial charge on any atom is 0.236 e. The van der Waals surface area contributed by atoms with Crippen LogP contribution >= 0.6 is 0 Å². The van der Waals surface area contributed by atoms with Crippen molar-refractivity contribution in [2.45, 2.75) is 25.8 Å². The number of likely N-dealkylation sites (N-methyl/N-ethyl adjacent to an activating group) is 1. The van der Waals surface area contributed by atoms with Crippen molar-refractivity contribution in [3.63, 3.8) is 0 Å². The molecular formula is C23H29N3O3. The number of amides is 2. The first kappa shape index (κ1) is 20.9. The average molecular weight is 396 g/mol. The Morgan fingerprint density at radius 2 is 1.72 bits per heavy atom. The van der Waals surface area contributed by atoms with Crippen LogP contribution in [-0.2, 0) is 9.59 Å². The number of likely N-dealkylation sites (tertiary alicyclic amines) is 1. The molecule has 1 atom stereocenters. The normalized spacial score (nSPS) is 16.2. The Labute approximate surface area is 172 Å². The zero-order chi connectivity index (χ0) is 20.8. The number of anilines is 1. The zero-order valence-electron chi connectivity index (χ0n) is 17.0. The van der Waals surface area contributed by atoms with Crippen molar-refractivity contribution in [3.8, 4) is 5.75 Å². The summed E-state index contributed by atoms with van der Waals surface area (Å²) in [5.74, 6) is -0.0351. The Morgan fingerprint density at radius 1 is 1.10 bits per heavy atom. The summed E-state index contributed by atoms with van der Waals surface area (Å²) < 4.78 is 0. The molecule has 0 bridgehead atoms. The molecular weight excluding hydrogens is 366 g/mol. The minimum Gasteiger partial charge on any atom is -0.506 e. The van der Waals surface area contributed by atoms with Gasteiger partial charge in [-0.2, -0.15) is 0 Å². The molecule has 0 saturated carbocycles. The van der Waals surface area contributed by atoms with E-state index < -0.39 is 0 Å². The Hall–Kier alpha value is -2.86. The molecule has 2 N–H and O–H groups in total. The Bertz CT molecular complexity index is 832. The third-order valence-electron chi connectivity index (χ3n) is 5.74. The first-order chi connectivity index (χ1) is 14.0. The molecule has 0 spiro atoms. The van der Waals surface area contributed by atoms with Crippen molar-refractivity contribution in [2.24, 2.45) is 5.92 Å². The van der Waals surface area contributed by atoms with Crippen LogP contribution in [-0.4, -0.2) is 53.4 Å². The highest BCUT2D eigenvalue weighted by molar-refractivity contribution is 5.93. The maximum absolute atomic E-state index is 12.7. The second kappa shape index (κ2) is 9.56. The van der Waals surface area contributed by atoms with E-state index in [1.165, 1.54) is 0 Å². The van der Waals surface area contributed by atoms with Crippen LogP contribution in [0.1, 0.15) is 31.4 Å². The van der Waals surface area contributed by atoms with Crippen LogP contribution in [0.15, 0.2) is 54.6 Å². The van der Waals surface area contributed by atoms with Gasteiger partial charge in [0, 0.05) is 13.0 Å². The summed E-state index contributed by atoms with van der Waals surface area (Å²) in [6.45, 7) is 3.81. The van der Waals surface area contributed by atoms with Crippen molar-refractivity contribution in [2.75, 3.05) is 32.0 Å². The fourth-order valence-corrected chi connectivity index (χ4v) is 3.64. The molecule has 2 aromatic carbocycles. The minimum atomic E-state index is -0.109. The highest BCUT2D eigenvalue weighted by Crippen LogP contribution is 2.25. The average Bonchev–Trinajstić information content (AvgIpc) is 2.75. The van der Waals surface area contributed by atoms with Gasteiger partial charge in [0.1, 0.15) is 5.75 Å². The van der Waals surface area contributed by atoms with Gasteiger partial charge in [-0.1, -0.05) is 42.5 Å². The molecule has 0 aliphatic carbocycles. The van der Waals surface area contributed by atoms with Crippen LogP contribution in [0.3, 0.4) is 0 Å². The fraction of sp³-hybridized carbons (Fsp3) is 0.391. The topological polar surface area (TPSA) is 72.9 Å². The zero-order valence-corrected chi connectivity index (χ0v) is 17.0. The lowest BCUT2D eigenvalue weighted by atomic mass is 9.95. The summed E-state index contributed by atoms with van der Waals surface area (Å²) in [5, 5.41) is 12.6. The second-order valence-corrected chi connectivity index (χ2v) is 7.65. The number of piperidine rings is 1. The van der Waals surface area contributed by atoms with Gasteiger partial charge >= 0.3 is 0 Å². The van der Waals surface area contributed by atoms with Gasteiger partial charge < -0.3 is 15.3 Å².